The van der Waals surface area contributed by atoms with Crippen LogP contribution in [0.15, 0.2) is 24.3 Å². The van der Waals surface area contributed by atoms with Gasteiger partial charge in [0.05, 0.1) is 5.41 Å². The van der Waals surface area contributed by atoms with Gasteiger partial charge in [-0.05, 0) is 30.5 Å². The second-order valence-corrected chi connectivity index (χ2v) is 7.08. The van der Waals surface area contributed by atoms with E-state index in [-0.39, 0.29) is 11.3 Å². The van der Waals surface area contributed by atoms with Gasteiger partial charge in [-0.1, -0.05) is 36.6 Å². The van der Waals surface area contributed by atoms with Crippen LogP contribution in [0.3, 0.4) is 0 Å². The number of carbonyl (C=O) groups is 1. The number of benzene rings is 1. The third kappa shape index (κ3) is 3.87. The highest BCUT2D eigenvalue weighted by molar-refractivity contribution is 6.30. The Morgan fingerprint density at radius 2 is 2.00 bits per heavy atom. The standard InChI is InChI=1S/C18H26ClN3O/c19-16-5-3-4-15(14-16)18(6-1-2-7-18)17(23)21-10-13-22-11-8-20-9-12-22/h3-5,14,20H,1-2,6-13H2,(H,21,23). The first-order chi connectivity index (χ1) is 11.2. The minimum atomic E-state index is -0.381. The van der Waals surface area contributed by atoms with Crippen LogP contribution in [0.4, 0.5) is 0 Å². The molecular formula is C18H26ClN3O. The summed E-state index contributed by atoms with van der Waals surface area (Å²) >= 11 is 6.15. The molecule has 1 aliphatic carbocycles. The topological polar surface area (TPSA) is 44.4 Å². The minimum Gasteiger partial charge on any atom is -0.354 e. The molecule has 3 rings (SSSR count). The number of nitrogens with one attached hydrogen (secondary N) is 2. The minimum absolute atomic E-state index is 0.174. The summed E-state index contributed by atoms with van der Waals surface area (Å²) in [6.07, 6.45) is 4.06. The molecule has 1 amide bonds. The number of piperazine rings is 1. The van der Waals surface area contributed by atoms with Crippen LogP contribution >= 0.6 is 11.6 Å². The van der Waals surface area contributed by atoms with E-state index in [4.69, 9.17) is 11.6 Å². The Labute approximate surface area is 143 Å². The molecule has 0 aromatic heterocycles. The van der Waals surface area contributed by atoms with Crippen molar-refractivity contribution in [1.29, 1.82) is 0 Å². The predicted octanol–water partition coefficient (Wildman–Crippen LogP) is 2.17. The number of hydrogen-bond acceptors (Lipinski definition) is 3. The van der Waals surface area contributed by atoms with Gasteiger partial charge in [-0.25, -0.2) is 0 Å². The summed E-state index contributed by atoms with van der Waals surface area (Å²) in [5, 5.41) is 7.25. The summed E-state index contributed by atoms with van der Waals surface area (Å²) in [5.41, 5.74) is 0.691. The van der Waals surface area contributed by atoms with Crippen molar-refractivity contribution < 1.29 is 4.79 Å². The van der Waals surface area contributed by atoms with Gasteiger partial charge in [0.15, 0.2) is 0 Å². The van der Waals surface area contributed by atoms with E-state index in [0.29, 0.717) is 5.02 Å². The molecule has 1 heterocycles. The molecule has 0 bridgehead atoms. The summed E-state index contributed by atoms with van der Waals surface area (Å²) < 4.78 is 0. The second kappa shape index (κ2) is 7.65. The van der Waals surface area contributed by atoms with Crippen LogP contribution in [-0.2, 0) is 10.2 Å². The van der Waals surface area contributed by atoms with Gasteiger partial charge in [-0.3, -0.25) is 9.69 Å². The fraction of sp³-hybridized carbons (Fsp3) is 0.611. The number of halogens is 1. The van der Waals surface area contributed by atoms with Gasteiger partial charge in [-0.2, -0.15) is 0 Å². The quantitative estimate of drug-likeness (QED) is 0.867. The molecule has 126 valence electrons. The first kappa shape index (κ1) is 16.7. The van der Waals surface area contributed by atoms with Crippen molar-refractivity contribution in [2.45, 2.75) is 31.1 Å². The van der Waals surface area contributed by atoms with Crippen molar-refractivity contribution in [1.82, 2.24) is 15.5 Å². The Morgan fingerprint density at radius 1 is 1.26 bits per heavy atom. The fourth-order valence-electron chi connectivity index (χ4n) is 3.84. The molecule has 1 aromatic rings. The van der Waals surface area contributed by atoms with E-state index in [1.165, 1.54) is 0 Å². The summed E-state index contributed by atoms with van der Waals surface area (Å²) in [7, 11) is 0. The van der Waals surface area contributed by atoms with E-state index in [1.807, 2.05) is 24.3 Å². The van der Waals surface area contributed by atoms with Gasteiger partial charge >= 0.3 is 0 Å². The molecule has 2 aliphatic rings. The van der Waals surface area contributed by atoms with Crippen LogP contribution < -0.4 is 10.6 Å². The van der Waals surface area contributed by atoms with E-state index in [1.54, 1.807) is 0 Å². The summed E-state index contributed by atoms with van der Waals surface area (Å²) in [6, 6.07) is 7.83. The van der Waals surface area contributed by atoms with Crippen LogP contribution in [0, 0.1) is 0 Å². The largest absolute Gasteiger partial charge is 0.354 e. The number of hydrogen-bond donors (Lipinski definition) is 2. The third-order valence-electron chi connectivity index (χ3n) is 5.19. The molecule has 2 N–H and O–H groups in total. The number of amides is 1. The van der Waals surface area contributed by atoms with Crippen LogP contribution in [0.1, 0.15) is 31.2 Å². The third-order valence-corrected chi connectivity index (χ3v) is 5.43. The lowest BCUT2D eigenvalue weighted by molar-refractivity contribution is -0.126. The molecule has 0 unspecified atom stereocenters. The highest BCUT2D eigenvalue weighted by Crippen LogP contribution is 2.41. The summed E-state index contributed by atoms with van der Waals surface area (Å²) in [6.45, 7) is 5.87. The zero-order valence-corrected chi connectivity index (χ0v) is 14.4. The number of nitrogens with zero attached hydrogens (tertiary/aromatic N) is 1. The Morgan fingerprint density at radius 3 is 2.70 bits per heavy atom. The molecule has 1 aromatic carbocycles. The number of rotatable bonds is 5. The first-order valence-electron chi connectivity index (χ1n) is 8.68. The van der Waals surface area contributed by atoms with Crippen molar-refractivity contribution in [3.8, 4) is 0 Å². The van der Waals surface area contributed by atoms with Crippen LogP contribution in [-0.4, -0.2) is 50.1 Å². The van der Waals surface area contributed by atoms with Crippen molar-refractivity contribution in [2.24, 2.45) is 0 Å². The monoisotopic (exact) mass is 335 g/mol. The molecular weight excluding hydrogens is 310 g/mol. The normalized spacial score (nSPS) is 21.3. The van der Waals surface area contributed by atoms with Crippen molar-refractivity contribution in [3.63, 3.8) is 0 Å². The highest BCUT2D eigenvalue weighted by Gasteiger charge is 2.42. The molecule has 0 spiro atoms. The predicted molar refractivity (Wildman–Crippen MR) is 93.9 cm³/mol. The first-order valence-corrected chi connectivity index (χ1v) is 9.06. The second-order valence-electron chi connectivity index (χ2n) is 6.65. The maximum Gasteiger partial charge on any atom is 0.230 e. The van der Waals surface area contributed by atoms with Gasteiger partial charge in [0.2, 0.25) is 5.91 Å². The smallest absolute Gasteiger partial charge is 0.230 e. The lowest BCUT2D eigenvalue weighted by atomic mass is 9.78. The van der Waals surface area contributed by atoms with Gasteiger partial charge in [-0.15, -0.1) is 0 Å². The average Bonchev–Trinajstić information content (AvgIpc) is 3.07. The van der Waals surface area contributed by atoms with Gasteiger partial charge < -0.3 is 10.6 Å². The summed E-state index contributed by atoms with van der Waals surface area (Å²) in [5.74, 6) is 0.174. The van der Waals surface area contributed by atoms with E-state index < -0.39 is 0 Å². The van der Waals surface area contributed by atoms with Gasteiger partial charge in [0.25, 0.3) is 0 Å². The number of carbonyl (C=O) groups excluding carboxylic acids is 1. The molecule has 2 fully saturated rings. The van der Waals surface area contributed by atoms with Crippen LogP contribution in [0.5, 0.6) is 0 Å². The molecule has 23 heavy (non-hydrogen) atoms. The van der Waals surface area contributed by atoms with E-state index in [9.17, 15) is 4.79 Å². The van der Waals surface area contributed by atoms with Gasteiger partial charge in [0.1, 0.15) is 0 Å². The van der Waals surface area contributed by atoms with Crippen molar-refractivity contribution in [2.75, 3.05) is 39.3 Å². The van der Waals surface area contributed by atoms with Gasteiger partial charge in [0, 0.05) is 44.3 Å². The molecule has 5 heteroatoms. The van der Waals surface area contributed by atoms with Crippen LogP contribution in [0.25, 0.3) is 0 Å². The van der Waals surface area contributed by atoms with E-state index in [2.05, 4.69) is 15.5 Å². The van der Waals surface area contributed by atoms with E-state index in [0.717, 1.165) is 70.5 Å². The van der Waals surface area contributed by atoms with Crippen molar-refractivity contribution >= 4 is 17.5 Å². The maximum atomic E-state index is 12.9. The molecule has 1 saturated heterocycles. The zero-order chi connectivity index (χ0) is 16.1. The van der Waals surface area contributed by atoms with E-state index >= 15 is 0 Å². The average molecular weight is 336 g/mol. The molecule has 1 aliphatic heterocycles. The van der Waals surface area contributed by atoms with Crippen molar-refractivity contribution in [3.05, 3.63) is 34.9 Å². The molecule has 1 saturated carbocycles. The maximum absolute atomic E-state index is 12.9. The fourth-order valence-corrected chi connectivity index (χ4v) is 4.03. The Hall–Kier alpha value is -1.10. The molecule has 0 radical (unpaired) electrons. The highest BCUT2D eigenvalue weighted by atomic mass is 35.5. The lowest BCUT2D eigenvalue weighted by Crippen LogP contribution is -2.48. The Balaban J connectivity index is 1.62. The summed E-state index contributed by atoms with van der Waals surface area (Å²) in [4.78, 5) is 15.3. The van der Waals surface area contributed by atoms with Crippen LogP contribution in [0.2, 0.25) is 5.02 Å². The molecule has 4 nitrogen and oxygen atoms in total. The molecule has 0 atom stereocenters. The Kier molecular flexibility index (Phi) is 5.57. The SMILES string of the molecule is O=C(NCCN1CCNCC1)C1(c2cccc(Cl)c2)CCCC1. The Bertz CT molecular complexity index is 537. The lowest BCUT2D eigenvalue weighted by Gasteiger charge is -2.30. The zero-order valence-electron chi connectivity index (χ0n) is 13.6.